The quantitative estimate of drug-likeness (QED) is 0.748. The number of rotatable bonds is 3. The second-order valence-corrected chi connectivity index (χ2v) is 4.42. The molecule has 0 aliphatic heterocycles. The van der Waals surface area contributed by atoms with Crippen LogP contribution in [0.4, 0.5) is 0 Å². The zero-order valence-corrected chi connectivity index (χ0v) is 9.83. The van der Waals surface area contributed by atoms with Crippen LogP contribution >= 0.6 is 0 Å². The number of aryl methyl sites for hydroxylation is 1. The first-order valence-electron chi connectivity index (χ1n) is 6.09. The highest BCUT2D eigenvalue weighted by atomic mass is 16.1. The van der Waals surface area contributed by atoms with E-state index in [0.717, 1.165) is 12.8 Å². The number of ketones is 1. The van der Waals surface area contributed by atoms with Gasteiger partial charge in [-0.1, -0.05) is 43.7 Å². The Morgan fingerprint density at radius 3 is 2.44 bits per heavy atom. The first kappa shape index (κ1) is 11.1. The van der Waals surface area contributed by atoms with Crippen molar-refractivity contribution in [3.8, 4) is 0 Å². The zero-order valence-electron chi connectivity index (χ0n) is 9.83. The number of allylic oxidation sites excluding steroid dienone is 2. The summed E-state index contributed by atoms with van der Waals surface area (Å²) in [6.45, 7) is 2.20. The molecular formula is C15H18O. The average molecular weight is 214 g/mol. The van der Waals surface area contributed by atoms with Crippen LogP contribution in [0.15, 0.2) is 30.3 Å². The molecule has 0 amide bonds. The molecule has 2 rings (SSSR count). The van der Waals surface area contributed by atoms with Gasteiger partial charge in [0.25, 0.3) is 0 Å². The van der Waals surface area contributed by atoms with Crippen molar-refractivity contribution in [2.45, 2.75) is 39.0 Å². The summed E-state index contributed by atoms with van der Waals surface area (Å²) >= 11 is 0. The Bertz CT molecular complexity index is 398. The maximum absolute atomic E-state index is 11.1. The van der Waals surface area contributed by atoms with E-state index >= 15 is 0 Å². The second-order valence-electron chi connectivity index (χ2n) is 4.42. The highest BCUT2D eigenvalue weighted by Crippen LogP contribution is 2.25. The summed E-state index contributed by atoms with van der Waals surface area (Å²) in [6.07, 6.45) is 6.66. The topological polar surface area (TPSA) is 17.1 Å². The lowest BCUT2D eigenvalue weighted by Gasteiger charge is -2.12. The van der Waals surface area contributed by atoms with Gasteiger partial charge >= 0.3 is 0 Å². The predicted octanol–water partition coefficient (Wildman–Crippen LogP) is 3.78. The third-order valence-corrected chi connectivity index (χ3v) is 3.11. The Balaban J connectivity index is 2.12. The molecule has 1 aliphatic carbocycles. The van der Waals surface area contributed by atoms with E-state index in [4.69, 9.17) is 0 Å². The predicted molar refractivity (Wildman–Crippen MR) is 67.3 cm³/mol. The number of Topliss-reactive ketones (excluding diaryl/α,β-unsaturated/α-hetero) is 1. The van der Waals surface area contributed by atoms with Crippen molar-refractivity contribution in [3.05, 3.63) is 41.5 Å². The van der Waals surface area contributed by atoms with Gasteiger partial charge in [0.1, 0.15) is 5.78 Å². The molecule has 0 N–H and O–H groups in total. The largest absolute Gasteiger partial charge is 0.299 e. The standard InChI is InChI=1S/C15H18O/c1-2-3-12-4-6-13(7-5-12)14-8-10-15(16)11-9-14/h4-8H,2-3,9-11H2,1H3. The Hall–Kier alpha value is -1.37. The Morgan fingerprint density at radius 2 is 1.88 bits per heavy atom. The lowest BCUT2D eigenvalue weighted by Crippen LogP contribution is -2.02. The minimum atomic E-state index is 0.367. The number of hydrogen-bond acceptors (Lipinski definition) is 1. The molecule has 0 atom stereocenters. The Kier molecular flexibility index (Phi) is 3.55. The molecule has 0 unspecified atom stereocenters. The molecule has 0 saturated carbocycles. The number of hydrogen-bond donors (Lipinski definition) is 0. The highest BCUT2D eigenvalue weighted by molar-refractivity contribution is 5.86. The minimum Gasteiger partial charge on any atom is -0.299 e. The molecule has 0 fully saturated rings. The molecule has 84 valence electrons. The number of carbonyl (C=O) groups is 1. The summed E-state index contributed by atoms with van der Waals surface area (Å²) in [7, 11) is 0. The van der Waals surface area contributed by atoms with Gasteiger partial charge in [0.15, 0.2) is 0 Å². The zero-order chi connectivity index (χ0) is 11.4. The minimum absolute atomic E-state index is 0.367. The molecule has 0 saturated heterocycles. The van der Waals surface area contributed by atoms with Gasteiger partial charge in [-0.05, 0) is 29.5 Å². The molecule has 0 bridgehead atoms. The fourth-order valence-electron chi connectivity index (χ4n) is 2.15. The molecule has 1 heteroatoms. The van der Waals surface area contributed by atoms with Crippen molar-refractivity contribution in [2.24, 2.45) is 0 Å². The van der Waals surface area contributed by atoms with E-state index in [1.54, 1.807) is 0 Å². The fourth-order valence-corrected chi connectivity index (χ4v) is 2.15. The van der Waals surface area contributed by atoms with Crippen molar-refractivity contribution in [2.75, 3.05) is 0 Å². The van der Waals surface area contributed by atoms with Crippen LogP contribution < -0.4 is 0 Å². The molecule has 1 nitrogen and oxygen atoms in total. The van der Waals surface area contributed by atoms with Crippen molar-refractivity contribution in [1.29, 1.82) is 0 Å². The summed E-state index contributed by atoms with van der Waals surface area (Å²) in [6, 6.07) is 8.78. The molecule has 0 aromatic heterocycles. The van der Waals surface area contributed by atoms with Crippen LogP contribution in [0.3, 0.4) is 0 Å². The number of benzene rings is 1. The van der Waals surface area contributed by atoms with Gasteiger partial charge in [0.05, 0.1) is 0 Å². The SMILES string of the molecule is CCCc1ccc(C2=CCC(=O)CC2)cc1. The monoisotopic (exact) mass is 214 g/mol. The van der Waals surface area contributed by atoms with Crippen molar-refractivity contribution >= 4 is 11.4 Å². The van der Waals surface area contributed by atoms with Gasteiger partial charge in [-0.3, -0.25) is 4.79 Å². The summed E-state index contributed by atoms with van der Waals surface area (Å²) in [4.78, 5) is 11.1. The normalized spacial score (nSPS) is 16.1. The van der Waals surface area contributed by atoms with E-state index in [1.807, 2.05) is 0 Å². The second kappa shape index (κ2) is 5.11. The van der Waals surface area contributed by atoms with Crippen LogP contribution in [-0.4, -0.2) is 5.78 Å². The van der Waals surface area contributed by atoms with E-state index < -0.39 is 0 Å². The van der Waals surface area contributed by atoms with Crippen LogP contribution in [0.25, 0.3) is 5.57 Å². The summed E-state index contributed by atoms with van der Waals surface area (Å²) in [5.74, 6) is 0.367. The molecule has 1 aliphatic rings. The summed E-state index contributed by atoms with van der Waals surface area (Å²) in [5.41, 5.74) is 4.02. The molecule has 0 spiro atoms. The molecule has 0 heterocycles. The van der Waals surface area contributed by atoms with Gasteiger partial charge < -0.3 is 0 Å². The van der Waals surface area contributed by atoms with Gasteiger partial charge in [0.2, 0.25) is 0 Å². The molecule has 16 heavy (non-hydrogen) atoms. The van der Waals surface area contributed by atoms with E-state index in [2.05, 4.69) is 37.3 Å². The van der Waals surface area contributed by atoms with Crippen molar-refractivity contribution < 1.29 is 4.79 Å². The number of carbonyl (C=O) groups excluding carboxylic acids is 1. The first-order valence-corrected chi connectivity index (χ1v) is 6.09. The van der Waals surface area contributed by atoms with Crippen LogP contribution in [0.5, 0.6) is 0 Å². The van der Waals surface area contributed by atoms with Crippen molar-refractivity contribution in [3.63, 3.8) is 0 Å². The van der Waals surface area contributed by atoms with Gasteiger partial charge in [-0.2, -0.15) is 0 Å². The lowest BCUT2D eigenvalue weighted by molar-refractivity contribution is -0.118. The van der Waals surface area contributed by atoms with Crippen LogP contribution in [0.2, 0.25) is 0 Å². The third kappa shape index (κ3) is 2.60. The molecular weight excluding hydrogens is 196 g/mol. The fraction of sp³-hybridized carbons (Fsp3) is 0.400. The average Bonchev–Trinajstić information content (AvgIpc) is 2.32. The van der Waals surface area contributed by atoms with Crippen LogP contribution in [0.1, 0.15) is 43.7 Å². The van der Waals surface area contributed by atoms with Crippen molar-refractivity contribution in [1.82, 2.24) is 0 Å². The Labute approximate surface area is 97.2 Å². The molecule has 0 radical (unpaired) electrons. The van der Waals surface area contributed by atoms with Crippen LogP contribution in [0, 0.1) is 0 Å². The van der Waals surface area contributed by atoms with Crippen LogP contribution in [-0.2, 0) is 11.2 Å². The van der Waals surface area contributed by atoms with Gasteiger partial charge in [0, 0.05) is 12.8 Å². The van der Waals surface area contributed by atoms with Gasteiger partial charge in [-0.25, -0.2) is 0 Å². The summed E-state index contributed by atoms with van der Waals surface area (Å²) in [5, 5.41) is 0. The third-order valence-electron chi connectivity index (χ3n) is 3.11. The van der Waals surface area contributed by atoms with E-state index in [0.29, 0.717) is 18.6 Å². The maximum Gasteiger partial charge on any atom is 0.137 e. The smallest absolute Gasteiger partial charge is 0.137 e. The van der Waals surface area contributed by atoms with Gasteiger partial charge in [-0.15, -0.1) is 0 Å². The van der Waals surface area contributed by atoms with E-state index in [9.17, 15) is 4.79 Å². The maximum atomic E-state index is 11.1. The molecule has 1 aromatic carbocycles. The first-order chi connectivity index (χ1) is 7.79. The lowest BCUT2D eigenvalue weighted by atomic mass is 9.92. The highest BCUT2D eigenvalue weighted by Gasteiger charge is 2.11. The Morgan fingerprint density at radius 1 is 1.12 bits per heavy atom. The van der Waals surface area contributed by atoms with E-state index in [1.165, 1.54) is 23.1 Å². The molecule has 1 aromatic rings. The summed E-state index contributed by atoms with van der Waals surface area (Å²) < 4.78 is 0. The van der Waals surface area contributed by atoms with E-state index in [-0.39, 0.29) is 0 Å².